The Bertz CT molecular complexity index is 370. The van der Waals surface area contributed by atoms with Gasteiger partial charge >= 0.3 is 0 Å². The van der Waals surface area contributed by atoms with Crippen molar-refractivity contribution < 1.29 is 0 Å². The average Bonchev–Trinajstić information content (AvgIpc) is 2.28. The van der Waals surface area contributed by atoms with Crippen molar-refractivity contribution in [3.05, 3.63) is 29.1 Å². The van der Waals surface area contributed by atoms with E-state index in [0.29, 0.717) is 6.04 Å². The van der Waals surface area contributed by atoms with Crippen molar-refractivity contribution in [1.82, 2.24) is 10.3 Å². The number of terminal acetylenes is 1. The fourth-order valence-corrected chi connectivity index (χ4v) is 2.00. The van der Waals surface area contributed by atoms with Crippen molar-refractivity contribution >= 4 is 0 Å². The Morgan fingerprint density at radius 1 is 1.35 bits per heavy atom. The number of pyridine rings is 1. The fourth-order valence-electron chi connectivity index (χ4n) is 2.00. The van der Waals surface area contributed by atoms with Crippen molar-refractivity contribution in [2.45, 2.75) is 46.1 Å². The zero-order valence-corrected chi connectivity index (χ0v) is 11.1. The van der Waals surface area contributed by atoms with Gasteiger partial charge in [-0.05, 0) is 50.9 Å². The normalized spacial score (nSPS) is 12.1. The Hall–Kier alpha value is -1.33. The molecule has 92 valence electrons. The van der Waals surface area contributed by atoms with Gasteiger partial charge in [-0.1, -0.05) is 6.92 Å². The second-order valence-electron chi connectivity index (χ2n) is 4.43. The maximum absolute atomic E-state index is 5.35. The molecule has 0 spiro atoms. The Balaban J connectivity index is 2.83. The summed E-state index contributed by atoms with van der Waals surface area (Å²) < 4.78 is 0. The Kier molecular flexibility index (Phi) is 5.72. The Morgan fingerprint density at radius 2 is 2.00 bits per heavy atom. The molecule has 17 heavy (non-hydrogen) atoms. The van der Waals surface area contributed by atoms with Gasteiger partial charge in [-0.15, -0.1) is 12.3 Å². The van der Waals surface area contributed by atoms with E-state index in [1.807, 2.05) is 13.8 Å². The van der Waals surface area contributed by atoms with Crippen molar-refractivity contribution in [1.29, 1.82) is 0 Å². The van der Waals surface area contributed by atoms with Crippen LogP contribution in [0.3, 0.4) is 0 Å². The quantitative estimate of drug-likeness (QED) is 0.759. The molecule has 1 aromatic rings. The molecule has 0 amide bonds. The second kappa shape index (κ2) is 7.09. The first kappa shape index (κ1) is 13.7. The molecule has 0 saturated heterocycles. The van der Waals surface area contributed by atoms with E-state index >= 15 is 0 Å². The monoisotopic (exact) mass is 230 g/mol. The molecule has 1 aromatic heterocycles. The predicted octanol–water partition coefficient (Wildman–Crippen LogP) is 3.15. The van der Waals surface area contributed by atoms with Crippen LogP contribution in [0.2, 0.25) is 0 Å². The van der Waals surface area contributed by atoms with Crippen LogP contribution in [0.5, 0.6) is 0 Å². The molecule has 0 radical (unpaired) electrons. The molecule has 0 saturated carbocycles. The van der Waals surface area contributed by atoms with Gasteiger partial charge in [-0.25, -0.2) is 0 Å². The highest BCUT2D eigenvalue weighted by atomic mass is 14.9. The van der Waals surface area contributed by atoms with Gasteiger partial charge in [0.2, 0.25) is 0 Å². The summed E-state index contributed by atoms with van der Waals surface area (Å²) in [7, 11) is 0. The highest BCUT2D eigenvalue weighted by Crippen LogP contribution is 2.19. The number of nitrogens with one attached hydrogen (secondary N) is 1. The summed E-state index contributed by atoms with van der Waals surface area (Å²) >= 11 is 0. The van der Waals surface area contributed by atoms with Gasteiger partial charge in [0, 0.05) is 23.9 Å². The zero-order valence-electron chi connectivity index (χ0n) is 11.1. The smallest absolute Gasteiger partial charge is 0.0379 e. The SMILES string of the molecule is C#CCCC(NCCC)c1cc(C)nc(C)c1. The highest BCUT2D eigenvalue weighted by molar-refractivity contribution is 5.23. The van der Waals surface area contributed by atoms with Crippen LogP contribution in [0.15, 0.2) is 12.1 Å². The van der Waals surface area contributed by atoms with Crippen molar-refractivity contribution in [3.8, 4) is 12.3 Å². The van der Waals surface area contributed by atoms with Gasteiger partial charge in [0.25, 0.3) is 0 Å². The number of aryl methyl sites for hydroxylation is 2. The number of nitrogens with zero attached hydrogens (tertiary/aromatic N) is 1. The van der Waals surface area contributed by atoms with Crippen molar-refractivity contribution in [3.63, 3.8) is 0 Å². The summed E-state index contributed by atoms with van der Waals surface area (Å²) in [6.07, 6.45) is 8.28. The lowest BCUT2D eigenvalue weighted by Gasteiger charge is -2.19. The van der Waals surface area contributed by atoms with E-state index in [2.05, 4.69) is 35.3 Å². The molecule has 0 aliphatic rings. The topological polar surface area (TPSA) is 24.9 Å². The zero-order chi connectivity index (χ0) is 12.7. The van der Waals surface area contributed by atoms with Crippen LogP contribution in [-0.2, 0) is 0 Å². The third-order valence-corrected chi connectivity index (χ3v) is 2.72. The van der Waals surface area contributed by atoms with E-state index in [0.717, 1.165) is 37.2 Å². The van der Waals surface area contributed by atoms with Crippen LogP contribution in [0.4, 0.5) is 0 Å². The molecular formula is C15H22N2. The van der Waals surface area contributed by atoms with Gasteiger partial charge < -0.3 is 5.32 Å². The first-order valence-electron chi connectivity index (χ1n) is 6.29. The summed E-state index contributed by atoms with van der Waals surface area (Å²) in [4.78, 5) is 4.41. The molecule has 1 atom stereocenters. The lowest BCUT2D eigenvalue weighted by atomic mass is 10.0. The standard InChI is InChI=1S/C15H22N2/c1-5-7-8-15(16-9-6-2)14-10-12(3)17-13(4)11-14/h1,10-11,15-16H,6-9H2,2-4H3. The van der Waals surface area contributed by atoms with E-state index < -0.39 is 0 Å². The molecular weight excluding hydrogens is 208 g/mol. The van der Waals surface area contributed by atoms with Gasteiger partial charge in [0.15, 0.2) is 0 Å². The summed E-state index contributed by atoms with van der Waals surface area (Å²) in [5.41, 5.74) is 3.45. The summed E-state index contributed by atoms with van der Waals surface area (Å²) in [5.74, 6) is 2.72. The first-order valence-corrected chi connectivity index (χ1v) is 6.29. The van der Waals surface area contributed by atoms with E-state index in [1.54, 1.807) is 0 Å². The fraction of sp³-hybridized carbons (Fsp3) is 0.533. The van der Waals surface area contributed by atoms with Gasteiger partial charge in [-0.3, -0.25) is 4.98 Å². The summed E-state index contributed by atoms with van der Waals surface area (Å²) in [6, 6.07) is 4.65. The van der Waals surface area contributed by atoms with E-state index in [4.69, 9.17) is 6.42 Å². The van der Waals surface area contributed by atoms with Crippen LogP contribution >= 0.6 is 0 Å². The third-order valence-electron chi connectivity index (χ3n) is 2.72. The maximum atomic E-state index is 5.35. The third kappa shape index (κ3) is 4.58. The van der Waals surface area contributed by atoms with Gasteiger partial charge in [0.05, 0.1) is 0 Å². The molecule has 0 aliphatic heterocycles. The molecule has 0 fully saturated rings. The molecule has 2 nitrogen and oxygen atoms in total. The van der Waals surface area contributed by atoms with Crippen LogP contribution in [0, 0.1) is 26.2 Å². The van der Waals surface area contributed by atoms with E-state index in [9.17, 15) is 0 Å². The van der Waals surface area contributed by atoms with Crippen LogP contribution in [0.25, 0.3) is 0 Å². The van der Waals surface area contributed by atoms with Crippen molar-refractivity contribution in [2.75, 3.05) is 6.54 Å². The lowest BCUT2D eigenvalue weighted by Crippen LogP contribution is -2.22. The second-order valence-corrected chi connectivity index (χ2v) is 4.43. The molecule has 2 heteroatoms. The maximum Gasteiger partial charge on any atom is 0.0379 e. The van der Waals surface area contributed by atoms with E-state index in [1.165, 1.54) is 5.56 Å². The predicted molar refractivity (Wildman–Crippen MR) is 72.8 cm³/mol. The minimum absolute atomic E-state index is 0.353. The lowest BCUT2D eigenvalue weighted by molar-refractivity contribution is 0.504. The molecule has 0 aromatic carbocycles. The first-order chi connectivity index (χ1) is 8.17. The molecule has 0 bridgehead atoms. The van der Waals surface area contributed by atoms with Crippen molar-refractivity contribution in [2.24, 2.45) is 0 Å². The van der Waals surface area contributed by atoms with Crippen LogP contribution < -0.4 is 5.32 Å². The molecule has 1 heterocycles. The largest absolute Gasteiger partial charge is 0.310 e. The van der Waals surface area contributed by atoms with Crippen LogP contribution in [0.1, 0.15) is 49.2 Å². The molecule has 1 N–H and O–H groups in total. The molecule has 0 aliphatic carbocycles. The minimum Gasteiger partial charge on any atom is -0.310 e. The minimum atomic E-state index is 0.353. The van der Waals surface area contributed by atoms with Gasteiger partial charge in [-0.2, -0.15) is 0 Å². The summed E-state index contributed by atoms with van der Waals surface area (Å²) in [6.45, 7) is 7.27. The summed E-state index contributed by atoms with van der Waals surface area (Å²) in [5, 5.41) is 3.55. The highest BCUT2D eigenvalue weighted by Gasteiger charge is 2.10. The number of aromatic nitrogens is 1. The number of rotatable bonds is 6. The van der Waals surface area contributed by atoms with Crippen LogP contribution in [-0.4, -0.2) is 11.5 Å². The van der Waals surface area contributed by atoms with E-state index in [-0.39, 0.29) is 0 Å². The average molecular weight is 230 g/mol. The molecule has 1 unspecified atom stereocenters. The Morgan fingerprint density at radius 3 is 2.53 bits per heavy atom. The Labute approximate surface area is 105 Å². The number of hydrogen-bond donors (Lipinski definition) is 1. The van der Waals surface area contributed by atoms with Gasteiger partial charge in [0.1, 0.15) is 0 Å². The number of hydrogen-bond acceptors (Lipinski definition) is 2. The molecule has 1 rings (SSSR count).